The van der Waals surface area contributed by atoms with Crippen LogP contribution < -0.4 is 4.57 Å². The van der Waals surface area contributed by atoms with E-state index in [0.717, 1.165) is 11.1 Å². The van der Waals surface area contributed by atoms with Crippen LogP contribution in [0.25, 0.3) is 0 Å². The van der Waals surface area contributed by atoms with E-state index in [9.17, 15) is 4.79 Å². The lowest BCUT2D eigenvalue weighted by Crippen LogP contribution is -2.42. The second kappa shape index (κ2) is 5.54. The topological polar surface area (TPSA) is 20.9 Å². The van der Waals surface area contributed by atoms with Crippen LogP contribution in [0.1, 0.15) is 34.5 Å². The van der Waals surface area contributed by atoms with E-state index >= 15 is 0 Å². The summed E-state index contributed by atoms with van der Waals surface area (Å²) in [7, 11) is 0. The average Bonchev–Trinajstić information content (AvgIpc) is 2.37. The van der Waals surface area contributed by atoms with Crippen molar-refractivity contribution in [3.05, 3.63) is 64.4 Å². The molecule has 2 rings (SSSR count). The van der Waals surface area contributed by atoms with Crippen LogP contribution in [0.15, 0.2) is 42.7 Å². The van der Waals surface area contributed by atoms with Crippen molar-refractivity contribution in [3.63, 3.8) is 0 Å². The van der Waals surface area contributed by atoms with Gasteiger partial charge in [0.2, 0.25) is 11.8 Å². The maximum absolute atomic E-state index is 12.4. The van der Waals surface area contributed by atoms with Crippen molar-refractivity contribution in [2.45, 2.75) is 26.8 Å². The fourth-order valence-electron chi connectivity index (χ4n) is 2.16. The van der Waals surface area contributed by atoms with Gasteiger partial charge in [0.05, 0.1) is 0 Å². The highest BCUT2D eigenvalue weighted by molar-refractivity contribution is 6.30. The largest absolute Gasteiger partial charge is 0.287 e. The summed E-state index contributed by atoms with van der Waals surface area (Å²) in [5, 5.41) is 0.642. The Bertz CT molecular complexity index is 584. The molecule has 0 radical (unpaired) electrons. The Morgan fingerprint density at radius 3 is 2.16 bits per heavy atom. The van der Waals surface area contributed by atoms with E-state index in [4.69, 9.17) is 11.6 Å². The monoisotopic (exact) mass is 274 g/mol. The number of carbonyl (C=O) groups is 1. The first-order valence-electron chi connectivity index (χ1n) is 6.26. The quantitative estimate of drug-likeness (QED) is 0.618. The predicted molar refractivity (Wildman–Crippen MR) is 76.6 cm³/mol. The fraction of sp³-hybridized carbons (Fsp3) is 0.250. The highest BCUT2D eigenvalue weighted by Gasteiger charge is 2.23. The van der Waals surface area contributed by atoms with Crippen molar-refractivity contribution in [1.29, 1.82) is 0 Å². The van der Waals surface area contributed by atoms with Gasteiger partial charge in [-0.3, -0.25) is 4.79 Å². The summed E-state index contributed by atoms with van der Waals surface area (Å²) < 4.78 is 1.96. The van der Waals surface area contributed by atoms with Crippen LogP contribution in [-0.2, 0) is 0 Å². The summed E-state index contributed by atoms with van der Waals surface area (Å²) in [5.41, 5.74) is 2.98. The smallest absolute Gasteiger partial charge is 0.230 e. The van der Waals surface area contributed by atoms with Gasteiger partial charge in [-0.05, 0) is 44.2 Å². The van der Waals surface area contributed by atoms with E-state index < -0.39 is 0 Å². The summed E-state index contributed by atoms with van der Waals surface area (Å²) in [6.45, 7) is 5.97. The number of rotatable bonds is 3. The van der Waals surface area contributed by atoms with Crippen molar-refractivity contribution in [2.75, 3.05) is 0 Å². The van der Waals surface area contributed by atoms with E-state index in [1.807, 2.05) is 37.7 Å². The molecule has 3 heteroatoms. The van der Waals surface area contributed by atoms with E-state index in [2.05, 4.69) is 6.07 Å². The number of hydrogen-bond donors (Lipinski definition) is 0. The summed E-state index contributed by atoms with van der Waals surface area (Å²) in [6, 6.07) is 8.89. The van der Waals surface area contributed by atoms with E-state index in [1.54, 1.807) is 24.3 Å². The summed E-state index contributed by atoms with van der Waals surface area (Å²) in [4.78, 5) is 12.4. The number of hydrogen-bond acceptors (Lipinski definition) is 1. The minimum atomic E-state index is -0.222. The Kier molecular flexibility index (Phi) is 4.01. The molecule has 0 bridgehead atoms. The van der Waals surface area contributed by atoms with Crippen LogP contribution in [0.2, 0.25) is 5.02 Å². The highest BCUT2D eigenvalue weighted by Crippen LogP contribution is 2.14. The molecule has 0 aliphatic rings. The number of pyridine rings is 1. The molecule has 1 heterocycles. The minimum absolute atomic E-state index is 0.0895. The molecule has 0 unspecified atom stereocenters. The van der Waals surface area contributed by atoms with Gasteiger partial charge >= 0.3 is 0 Å². The summed E-state index contributed by atoms with van der Waals surface area (Å²) in [5.74, 6) is 0.0895. The van der Waals surface area contributed by atoms with Gasteiger partial charge in [-0.1, -0.05) is 11.6 Å². The van der Waals surface area contributed by atoms with Gasteiger partial charge in [0, 0.05) is 28.6 Å². The van der Waals surface area contributed by atoms with E-state index in [0.29, 0.717) is 10.6 Å². The second-order valence-corrected chi connectivity index (χ2v) is 5.32. The fourth-order valence-corrected chi connectivity index (χ4v) is 2.28. The molecule has 0 aliphatic carbocycles. The molecule has 98 valence electrons. The average molecular weight is 275 g/mol. The van der Waals surface area contributed by atoms with Gasteiger partial charge in [0.15, 0.2) is 12.4 Å². The number of ketones is 1. The number of halogens is 1. The molecule has 0 saturated heterocycles. The first kappa shape index (κ1) is 13.8. The molecule has 2 aromatic rings. The lowest BCUT2D eigenvalue weighted by molar-refractivity contribution is -0.705. The SMILES string of the molecule is Cc1cc(C)c[n+]([C@@H](C)C(=O)c2ccc(Cl)cc2)c1. The maximum Gasteiger partial charge on any atom is 0.230 e. The molecule has 1 aromatic heterocycles. The highest BCUT2D eigenvalue weighted by atomic mass is 35.5. The minimum Gasteiger partial charge on any atom is -0.287 e. The number of nitrogens with zero attached hydrogens (tertiary/aromatic N) is 1. The Hall–Kier alpha value is -1.67. The van der Waals surface area contributed by atoms with Crippen LogP contribution in [0, 0.1) is 13.8 Å². The Balaban J connectivity index is 2.30. The molecule has 2 nitrogen and oxygen atoms in total. The standard InChI is InChI=1S/C16H17ClNO/c1-11-8-12(2)10-18(9-11)13(3)16(19)14-4-6-15(17)7-5-14/h4-10,13H,1-3H3/q+1/t13-/m0/s1. The third kappa shape index (κ3) is 3.21. The van der Waals surface area contributed by atoms with Crippen LogP contribution in [0.5, 0.6) is 0 Å². The Morgan fingerprint density at radius 1 is 1.11 bits per heavy atom. The van der Waals surface area contributed by atoms with Crippen LogP contribution in [-0.4, -0.2) is 5.78 Å². The normalized spacial score (nSPS) is 12.2. The summed E-state index contributed by atoms with van der Waals surface area (Å²) >= 11 is 5.84. The van der Waals surface area contributed by atoms with Crippen LogP contribution >= 0.6 is 11.6 Å². The van der Waals surface area contributed by atoms with Crippen molar-refractivity contribution in [2.24, 2.45) is 0 Å². The zero-order valence-corrected chi connectivity index (χ0v) is 12.1. The van der Waals surface area contributed by atoms with Gasteiger partial charge in [-0.25, -0.2) is 0 Å². The lowest BCUT2D eigenvalue weighted by Gasteiger charge is -2.08. The van der Waals surface area contributed by atoms with Crippen molar-refractivity contribution in [1.82, 2.24) is 0 Å². The number of carbonyl (C=O) groups excluding carboxylic acids is 1. The zero-order valence-electron chi connectivity index (χ0n) is 11.4. The number of Topliss-reactive ketones (excluding diaryl/α,β-unsaturated/α-hetero) is 1. The van der Waals surface area contributed by atoms with E-state index in [-0.39, 0.29) is 11.8 Å². The van der Waals surface area contributed by atoms with Crippen LogP contribution in [0.3, 0.4) is 0 Å². The van der Waals surface area contributed by atoms with E-state index in [1.165, 1.54) is 0 Å². The zero-order chi connectivity index (χ0) is 14.0. The molecule has 1 atom stereocenters. The maximum atomic E-state index is 12.4. The van der Waals surface area contributed by atoms with Gasteiger partial charge in [-0.2, -0.15) is 4.57 Å². The molecule has 0 aliphatic heterocycles. The number of benzene rings is 1. The molecule has 19 heavy (non-hydrogen) atoms. The molecule has 0 amide bonds. The molecule has 0 fully saturated rings. The van der Waals surface area contributed by atoms with Gasteiger partial charge in [-0.15, -0.1) is 0 Å². The molecular weight excluding hydrogens is 258 g/mol. The molecule has 0 saturated carbocycles. The molecular formula is C16H17ClNO+. The van der Waals surface area contributed by atoms with Crippen molar-refractivity contribution in [3.8, 4) is 0 Å². The van der Waals surface area contributed by atoms with Gasteiger partial charge < -0.3 is 0 Å². The number of aromatic nitrogens is 1. The molecule has 0 spiro atoms. The Morgan fingerprint density at radius 2 is 1.63 bits per heavy atom. The lowest BCUT2D eigenvalue weighted by atomic mass is 10.0. The summed E-state index contributed by atoms with van der Waals surface area (Å²) in [6.07, 6.45) is 3.98. The predicted octanol–water partition coefficient (Wildman–Crippen LogP) is 3.69. The Labute approximate surface area is 118 Å². The third-order valence-corrected chi connectivity index (χ3v) is 3.37. The van der Waals surface area contributed by atoms with Crippen molar-refractivity contribution < 1.29 is 9.36 Å². The molecule has 1 aromatic carbocycles. The first-order chi connectivity index (χ1) is 8.97. The third-order valence-electron chi connectivity index (χ3n) is 3.12. The van der Waals surface area contributed by atoms with Crippen molar-refractivity contribution >= 4 is 17.4 Å². The van der Waals surface area contributed by atoms with Gasteiger partial charge in [0.1, 0.15) is 0 Å². The molecule has 0 N–H and O–H groups in total. The number of aryl methyl sites for hydroxylation is 2. The van der Waals surface area contributed by atoms with Crippen LogP contribution in [0.4, 0.5) is 0 Å². The second-order valence-electron chi connectivity index (χ2n) is 4.88. The van der Waals surface area contributed by atoms with Gasteiger partial charge in [0.25, 0.3) is 0 Å². The first-order valence-corrected chi connectivity index (χ1v) is 6.64.